The number of amides is 1. The highest BCUT2D eigenvalue weighted by atomic mass is 16.2. The lowest BCUT2D eigenvalue weighted by atomic mass is 9.73. The third-order valence-electron chi connectivity index (χ3n) is 5.20. The fourth-order valence-electron chi connectivity index (χ4n) is 3.54. The summed E-state index contributed by atoms with van der Waals surface area (Å²) in [7, 11) is 1.60. The summed E-state index contributed by atoms with van der Waals surface area (Å²) >= 11 is 0. The van der Waals surface area contributed by atoms with Gasteiger partial charge in [-0.25, -0.2) is 0 Å². The minimum Gasteiger partial charge on any atom is -0.346 e. The molecule has 2 aromatic rings. The van der Waals surface area contributed by atoms with Crippen molar-refractivity contribution in [1.82, 2.24) is 10.2 Å². The fraction of sp³-hybridized carbons (Fsp3) is 0.227. The highest BCUT2D eigenvalue weighted by Gasteiger charge is 2.48. The second-order valence-corrected chi connectivity index (χ2v) is 7.10. The number of nitriles is 1. The largest absolute Gasteiger partial charge is 0.346 e. The average Bonchev–Trinajstić information content (AvgIpc) is 2.66. The molecule has 0 spiro atoms. The summed E-state index contributed by atoms with van der Waals surface area (Å²) in [5, 5.41) is 20.6. The monoisotopic (exact) mass is 358 g/mol. The van der Waals surface area contributed by atoms with E-state index in [-0.39, 0.29) is 11.9 Å². The molecule has 0 saturated carbocycles. The van der Waals surface area contributed by atoms with Gasteiger partial charge in [0, 0.05) is 7.05 Å². The maximum atomic E-state index is 13.2. The number of rotatable bonds is 3. The molecule has 0 radical (unpaired) electrons. The van der Waals surface area contributed by atoms with Crippen molar-refractivity contribution in [2.45, 2.75) is 25.3 Å². The number of carbonyl (C=O) groups excluding carboxylic acids is 1. The molecular formula is C22H22N4O. The van der Waals surface area contributed by atoms with E-state index < -0.39 is 11.5 Å². The number of allylic oxidation sites excluding steroid dienone is 1. The number of hydrogen-bond acceptors (Lipinski definition) is 3. The second-order valence-electron chi connectivity index (χ2n) is 7.10. The first kappa shape index (κ1) is 18.4. The lowest BCUT2D eigenvalue weighted by Gasteiger charge is -2.46. The summed E-state index contributed by atoms with van der Waals surface area (Å²) in [5.74, 6) is -0.656. The van der Waals surface area contributed by atoms with Crippen LogP contribution in [0.3, 0.4) is 0 Å². The summed E-state index contributed by atoms with van der Waals surface area (Å²) in [6, 6.07) is 17.1. The molecule has 0 aromatic heterocycles. The standard InChI is InChI=1S/C22H22N4O/c1-14(2)16-8-10-17(11-9-16)19-20(27)26(4)21(24)25-22(19,3)18-7-5-6-15(12-18)13-23/h5-12,19H,1H2,2-4H3,(H2,24,25)/t19-,22-/m1/s1. The number of guanidine groups is 1. The van der Waals surface area contributed by atoms with Gasteiger partial charge in [0.05, 0.1) is 23.1 Å². The first-order valence-corrected chi connectivity index (χ1v) is 8.68. The lowest BCUT2D eigenvalue weighted by Crippen LogP contribution is -2.62. The molecule has 5 nitrogen and oxygen atoms in total. The van der Waals surface area contributed by atoms with Gasteiger partial charge in [-0.2, -0.15) is 5.26 Å². The van der Waals surface area contributed by atoms with Gasteiger partial charge in [-0.15, -0.1) is 0 Å². The number of likely N-dealkylation sites (N-methyl/N-ethyl adjacent to an activating group) is 1. The summed E-state index contributed by atoms with van der Waals surface area (Å²) in [6.07, 6.45) is 0. The summed E-state index contributed by atoms with van der Waals surface area (Å²) in [6.45, 7) is 7.80. The summed E-state index contributed by atoms with van der Waals surface area (Å²) in [5.41, 5.74) is 3.29. The molecule has 2 N–H and O–H groups in total. The Morgan fingerprint density at radius 3 is 2.56 bits per heavy atom. The van der Waals surface area contributed by atoms with Crippen LogP contribution in [0.15, 0.2) is 55.1 Å². The van der Waals surface area contributed by atoms with E-state index in [1.165, 1.54) is 4.90 Å². The van der Waals surface area contributed by atoms with Gasteiger partial charge in [-0.3, -0.25) is 15.1 Å². The highest BCUT2D eigenvalue weighted by molar-refractivity contribution is 6.02. The third kappa shape index (κ3) is 3.11. The van der Waals surface area contributed by atoms with E-state index in [9.17, 15) is 10.1 Å². The van der Waals surface area contributed by atoms with Crippen LogP contribution in [0.4, 0.5) is 0 Å². The van der Waals surface area contributed by atoms with Gasteiger partial charge < -0.3 is 5.32 Å². The van der Waals surface area contributed by atoms with Crippen molar-refractivity contribution in [2.75, 3.05) is 7.05 Å². The van der Waals surface area contributed by atoms with E-state index >= 15 is 0 Å². The minimum atomic E-state index is -0.849. The third-order valence-corrected chi connectivity index (χ3v) is 5.20. The molecule has 27 heavy (non-hydrogen) atoms. The Morgan fingerprint density at radius 1 is 1.30 bits per heavy atom. The smallest absolute Gasteiger partial charge is 0.239 e. The van der Waals surface area contributed by atoms with Crippen LogP contribution in [0, 0.1) is 16.7 Å². The Hall–Kier alpha value is -3.39. The van der Waals surface area contributed by atoms with Gasteiger partial charge >= 0.3 is 0 Å². The molecule has 2 aromatic carbocycles. The zero-order valence-electron chi connectivity index (χ0n) is 15.7. The van der Waals surface area contributed by atoms with Gasteiger partial charge in [0.2, 0.25) is 5.91 Å². The Kier molecular flexibility index (Phi) is 4.59. The molecule has 0 bridgehead atoms. The molecule has 1 aliphatic heterocycles. The van der Waals surface area contributed by atoms with Crippen molar-refractivity contribution in [2.24, 2.45) is 0 Å². The Labute approximate surface area is 159 Å². The van der Waals surface area contributed by atoms with Crippen LogP contribution in [0.1, 0.15) is 42.0 Å². The molecule has 1 saturated heterocycles. The molecular weight excluding hydrogens is 336 g/mol. The first-order chi connectivity index (χ1) is 12.8. The van der Waals surface area contributed by atoms with Crippen LogP contribution in [0.25, 0.3) is 5.57 Å². The molecule has 1 amide bonds. The van der Waals surface area contributed by atoms with E-state index in [4.69, 9.17) is 5.41 Å². The van der Waals surface area contributed by atoms with Crippen molar-refractivity contribution in [3.05, 3.63) is 77.4 Å². The molecule has 0 aliphatic carbocycles. The van der Waals surface area contributed by atoms with Gasteiger partial charge in [-0.05, 0) is 42.7 Å². The predicted octanol–water partition coefficient (Wildman–Crippen LogP) is 3.59. The molecule has 1 aliphatic rings. The van der Waals surface area contributed by atoms with E-state index in [2.05, 4.69) is 18.0 Å². The number of carbonyl (C=O) groups is 1. The predicted molar refractivity (Wildman–Crippen MR) is 106 cm³/mol. The van der Waals surface area contributed by atoms with E-state index in [1.54, 1.807) is 25.2 Å². The second kappa shape index (κ2) is 6.73. The molecule has 2 atom stereocenters. The Balaban J connectivity index is 2.16. The van der Waals surface area contributed by atoms with E-state index in [0.29, 0.717) is 5.56 Å². The van der Waals surface area contributed by atoms with Crippen molar-refractivity contribution < 1.29 is 4.79 Å². The van der Waals surface area contributed by atoms with Crippen molar-refractivity contribution in [3.8, 4) is 6.07 Å². The SMILES string of the molecule is C=C(C)c1ccc([C@@H]2C(=O)N(C)C(=N)N[C@]2(C)c2cccc(C#N)c2)cc1. The van der Waals surface area contributed by atoms with Crippen molar-refractivity contribution in [1.29, 1.82) is 10.7 Å². The molecule has 5 heteroatoms. The quantitative estimate of drug-likeness (QED) is 0.880. The topological polar surface area (TPSA) is 80.0 Å². The van der Waals surface area contributed by atoms with Crippen LogP contribution in [-0.2, 0) is 10.3 Å². The maximum Gasteiger partial charge on any atom is 0.239 e. The fourth-order valence-corrected chi connectivity index (χ4v) is 3.54. The first-order valence-electron chi connectivity index (χ1n) is 8.68. The zero-order valence-corrected chi connectivity index (χ0v) is 15.7. The van der Waals surface area contributed by atoms with Crippen LogP contribution in [0.2, 0.25) is 0 Å². The van der Waals surface area contributed by atoms with Crippen LogP contribution < -0.4 is 5.32 Å². The Bertz CT molecular complexity index is 971. The molecule has 1 fully saturated rings. The molecule has 1 heterocycles. The van der Waals surface area contributed by atoms with Crippen LogP contribution in [0.5, 0.6) is 0 Å². The van der Waals surface area contributed by atoms with Gasteiger partial charge in [-0.1, -0.05) is 48.6 Å². The van der Waals surface area contributed by atoms with Crippen LogP contribution in [-0.4, -0.2) is 23.8 Å². The molecule has 3 rings (SSSR count). The Morgan fingerprint density at radius 2 is 1.96 bits per heavy atom. The van der Waals surface area contributed by atoms with Crippen LogP contribution >= 0.6 is 0 Å². The van der Waals surface area contributed by atoms with Gasteiger partial charge in [0.1, 0.15) is 0 Å². The summed E-state index contributed by atoms with van der Waals surface area (Å²) in [4.78, 5) is 14.5. The lowest BCUT2D eigenvalue weighted by molar-refractivity contribution is -0.131. The summed E-state index contributed by atoms with van der Waals surface area (Å²) < 4.78 is 0. The van der Waals surface area contributed by atoms with Crippen molar-refractivity contribution >= 4 is 17.4 Å². The maximum absolute atomic E-state index is 13.2. The average molecular weight is 358 g/mol. The van der Waals surface area contributed by atoms with E-state index in [1.807, 2.05) is 44.2 Å². The van der Waals surface area contributed by atoms with Gasteiger partial charge in [0.25, 0.3) is 0 Å². The minimum absolute atomic E-state index is 0.0414. The number of hydrogen-bond donors (Lipinski definition) is 2. The number of nitrogens with one attached hydrogen (secondary N) is 2. The number of benzene rings is 2. The van der Waals surface area contributed by atoms with Crippen molar-refractivity contribution in [3.63, 3.8) is 0 Å². The molecule has 0 unspecified atom stereocenters. The normalized spacial score (nSPS) is 22.1. The number of nitrogens with zero attached hydrogens (tertiary/aromatic N) is 2. The zero-order chi connectivity index (χ0) is 19.8. The highest BCUT2D eigenvalue weighted by Crippen LogP contribution is 2.41. The molecule has 136 valence electrons. The van der Waals surface area contributed by atoms with Gasteiger partial charge in [0.15, 0.2) is 5.96 Å². The van der Waals surface area contributed by atoms with E-state index in [0.717, 1.165) is 22.3 Å².